The van der Waals surface area contributed by atoms with Crippen LogP contribution in [0.15, 0.2) is 97.1 Å². The van der Waals surface area contributed by atoms with Gasteiger partial charge in [0.15, 0.2) is 0 Å². The smallest absolute Gasteiger partial charge is 0.256 e. The Labute approximate surface area is 187 Å². The summed E-state index contributed by atoms with van der Waals surface area (Å²) in [6.07, 6.45) is 0. The molecule has 158 valence electrons. The average Bonchev–Trinajstić information content (AvgIpc) is 2.80. The Morgan fingerprint density at radius 3 is 1.25 bits per heavy atom. The predicted octanol–water partition coefficient (Wildman–Crippen LogP) is 6.48. The van der Waals surface area contributed by atoms with Gasteiger partial charge in [-0.1, -0.05) is 60.7 Å². The monoisotopic (exact) mass is 420 g/mol. The van der Waals surface area contributed by atoms with E-state index in [0.29, 0.717) is 11.1 Å². The maximum absolute atomic E-state index is 13.2. The maximum atomic E-state index is 13.2. The molecule has 4 nitrogen and oxygen atoms in total. The van der Waals surface area contributed by atoms with Gasteiger partial charge in [-0.05, 0) is 72.5 Å². The molecule has 0 radical (unpaired) electrons. The van der Waals surface area contributed by atoms with Crippen LogP contribution in [0.2, 0.25) is 0 Å². The number of hydrogen-bond acceptors (Lipinski definition) is 2. The van der Waals surface area contributed by atoms with Crippen molar-refractivity contribution in [1.82, 2.24) is 0 Å². The van der Waals surface area contributed by atoms with Gasteiger partial charge in [0.05, 0.1) is 0 Å². The summed E-state index contributed by atoms with van der Waals surface area (Å²) in [5.74, 6) is -0.430. The van der Waals surface area contributed by atoms with E-state index < -0.39 is 0 Å². The topological polar surface area (TPSA) is 58.2 Å². The van der Waals surface area contributed by atoms with Crippen LogP contribution >= 0.6 is 0 Å². The second-order valence-corrected chi connectivity index (χ2v) is 7.64. The van der Waals surface area contributed by atoms with Crippen molar-refractivity contribution in [3.05, 3.63) is 119 Å². The Morgan fingerprint density at radius 2 is 0.875 bits per heavy atom. The molecule has 0 aliphatic rings. The quantitative estimate of drug-likeness (QED) is 0.388. The molecule has 4 heteroatoms. The van der Waals surface area contributed by atoms with Crippen LogP contribution in [0.4, 0.5) is 11.4 Å². The summed E-state index contributed by atoms with van der Waals surface area (Å²) in [7, 11) is 0. The highest BCUT2D eigenvalue weighted by molar-refractivity contribution is 6.14. The molecular weight excluding hydrogens is 396 g/mol. The molecule has 0 aromatic heterocycles. The van der Waals surface area contributed by atoms with Gasteiger partial charge in [-0.25, -0.2) is 0 Å². The number of hydrogen-bond donors (Lipinski definition) is 2. The Morgan fingerprint density at radius 1 is 0.500 bits per heavy atom. The third-order valence-electron chi connectivity index (χ3n) is 5.35. The third-order valence-corrected chi connectivity index (χ3v) is 5.35. The van der Waals surface area contributed by atoms with E-state index in [0.717, 1.165) is 33.6 Å². The molecule has 0 fully saturated rings. The fourth-order valence-electron chi connectivity index (χ4n) is 3.82. The van der Waals surface area contributed by atoms with Gasteiger partial charge in [0, 0.05) is 22.5 Å². The number of nitrogens with one attached hydrogen (secondary N) is 2. The summed E-state index contributed by atoms with van der Waals surface area (Å²) in [5.41, 5.74) is 5.86. The molecule has 0 bridgehead atoms. The molecule has 0 heterocycles. The van der Waals surface area contributed by atoms with Crippen molar-refractivity contribution < 1.29 is 9.59 Å². The molecule has 0 spiro atoms. The molecule has 0 atom stereocenters. The lowest BCUT2D eigenvalue weighted by molar-refractivity contribution is 0.101. The van der Waals surface area contributed by atoms with Crippen molar-refractivity contribution in [2.45, 2.75) is 13.8 Å². The first-order chi connectivity index (χ1) is 15.5. The first-order valence-corrected chi connectivity index (χ1v) is 10.5. The van der Waals surface area contributed by atoms with E-state index in [-0.39, 0.29) is 11.8 Å². The van der Waals surface area contributed by atoms with Crippen molar-refractivity contribution in [2.75, 3.05) is 10.6 Å². The summed E-state index contributed by atoms with van der Waals surface area (Å²) in [5, 5.41) is 5.93. The van der Waals surface area contributed by atoms with Gasteiger partial charge in [0.1, 0.15) is 0 Å². The van der Waals surface area contributed by atoms with Crippen LogP contribution in [-0.4, -0.2) is 11.8 Å². The second kappa shape index (κ2) is 9.31. The van der Waals surface area contributed by atoms with Crippen LogP contribution in [0.25, 0.3) is 11.1 Å². The van der Waals surface area contributed by atoms with Gasteiger partial charge in [0.2, 0.25) is 0 Å². The summed E-state index contributed by atoms with van der Waals surface area (Å²) >= 11 is 0. The van der Waals surface area contributed by atoms with Gasteiger partial charge in [-0.15, -0.1) is 0 Å². The van der Waals surface area contributed by atoms with Crippen LogP contribution in [0.5, 0.6) is 0 Å². The summed E-state index contributed by atoms with van der Waals surface area (Å²) in [4.78, 5) is 26.5. The Kier molecular flexibility index (Phi) is 6.13. The molecule has 4 rings (SSSR count). The second-order valence-electron chi connectivity index (χ2n) is 7.64. The molecular formula is C28H24N2O2. The third kappa shape index (κ3) is 4.44. The Hall–Kier alpha value is -4.18. The van der Waals surface area contributed by atoms with Crippen molar-refractivity contribution in [3.63, 3.8) is 0 Å². The Balaban J connectivity index is 1.79. The maximum Gasteiger partial charge on any atom is 0.256 e. The minimum absolute atomic E-state index is 0.215. The van der Waals surface area contributed by atoms with E-state index in [1.807, 2.05) is 98.8 Å². The van der Waals surface area contributed by atoms with Crippen LogP contribution in [0.3, 0.4) is 0 Å². The predicted molar refractivity (Wildman–Crippen MR) is 130 cm³/mol. The number of anilines is 2. The van der Waals surface area contributed by atoms with Gasteiger partial charge >= 0.3 is 0 Å². The lowest BCUT2D eigenvalue weighted by atomic mass is 9.88. The molecule has 2 amide bonds. The van der Waals surface area contributed by atoms with Crippen molar-refractivity contribution >= 4 is 23.2 Å². The van der Waals surface area contributed by atoms with E-state index in [9.17, 15) is 9.59 Å². The first-order valence-electron chi connectivity index (χ1n) is 10.5. The number of carbonyl (C=O) groups is 2. The van der Waals surface area contributed by atoms with E-state index in [1.54, 1.807) is 12.1 Å². The van der Waals surface area contributed by atoms with Crippen molar-refractivity contribution in [2.24, 2.45) is 0 Å². The number of aryl methyl sites for hydroxylation is 2. The molecule has 0 unspecified atom stereocenters. The van der Waals surface area contributed by atoms with Gasteiger partial charge in [-0.2, -0.15) is 0 Å². The van der Waals surface area contributed by atoms with Crippen LogP contribution in [0.1, 0.15) is 31.8 Å². The molecule has 2 N–H and O–H groups in total. The summed E-state index contributed by atoms with van der Waals surface area (Å²) in [6.45, 7) is 3.92. The van der Waals surface area contributed by atoms with E-state index in [1.165, 1.54) is 0 Å². The zero-order valence-electron chi connectivity index (χ0n) is 18.1. The van der Waals surface area contributed by atoms with Crippen LogP contribution in [-0.2, 0) is 0 Å². The molecule has 0 saturated heterocycles. The molecule has 0 saturated carbocycles. The molecule has 0 aliphatic heterocycles. The number of rotatable bonds is 5. The molecule has 0 aliphatic carbocycles. The highest BCUT2D eigenvalue weighted by Gasteiger charge is 2.22. The number of benzene rings is 4. The highest BCUT2D eigenvalue weighted by Crippen LogP contribution is 2.34. The number of carbonyl (C=O) groups excluding carboxylic acids is 2. The van der Waals surface area contributed by atoms with Gasteiger partial charge in [-0.3, -0.25) is 9.59 Å². The van der Waals surface area contributed by atoms with Crippen molar-refractivity contribution in [3.8, 4) is 11.1 Å². The fraction of sp³-hybridized carbons (Fsp3) is 0.0714. The molecule has 4 aromatic carbocycles. The fourth-order valence-corrected chi connectivity index (χ4v) is 3.82. The normalized spacial score (nSPS) is 10.4. The molecule has 32 heavy (non-hydrogen) atoms. The first kappa shape index (κ1) is 21.1. The zero-order valence-corrected chi connectivity index (χ0v) is 18.1. The van der Waals surface area contributed by atoms with E-state index >= 15 is 0 Å². The van der Waals surface area contributed by atoms with Gasteiger partial charge < -0.3 is 10.6 Å². The Bertz CT molecular complexity index is 1160. The SMILES string of the molecule is Cc1cccc(C(=O)Nc2ccccc2)c1-c1c(C)cccc1C(=O)Nc1ccccc1. The minimum Gasteiger partial charge on any atom is -0.322 e. The summed E-state index contributed by atoms with van der Waals surface area (Å²) < 4.78 is 0. The van der Waals surface area contributed by atoms with Crippen LogP contribution < -0.4 is 10.6 Å². The largest absolute Gasteiger partial charge is 0.322 e. The molecule has 4 aromatic rings. The lowest BCUT2D eigenvalue weighted by Gasteiger charge is -2.18. The minimum atomic E-state index is -0.215. The number of para-hydroxylation sites is 2. The van der Waals surface area contributed by atoms with Gasteiger partial charge in [0.25, 0.3) is 11.8 Å². The standard InChI is InChI=1S/C28H24N2O2/c1-19-11-9-17-23(27(31)29-21-13-5-3-6-14-21)25(19)26-20(2)12-10-18-24(26)28(32)30-22-15-7-4-8-16-22/h3-18H,1-2H3,(H,29,31)(H,30,32). The lowest BCUT2D eigenvalue weighted by Crippen LogP contribution is -2.17. The van der Waals surface area contributed by atoms with Crippen molar-refractivity contribution in [1.29, 1.82) is 0 Å². The summed E-state index contributed by atoms with van der Waals surface area (Å²) in [6, 6.07) is 29.9. The zero-order chi connectivity index (χ0) is 22.5. The van der Waals surface area contributed by atoms with Crippen LogP contribution in [0, 0.1) is 13.8 Å². The van der Waals surface area contributed by atoms with E-state index in [4.69, 9.17) is 0 Å². The highest BCUT2D eigenvalue weighted by atomic mass is 16.2. The number of amides is 2. The average molecular weight is 421 g/mol. The van der Waals surface area contributed by atoms with E-state index in [2.05, 4.69) is 10.6 Å².